The van der Waals surface area contributed by atoms with Crippen molar-refractivity contribution in [2.75, 3.05) is 7.05 Å². The van der Waals surface area contributed by atoms with Gasteiger partial charge in [-0.15, -0.1) is 0 Å². The van der Waals surface area contributed by atoms with Gasteiger partial charge in [-0.05, 0) is 23.1 Å². The maximum atomic E-state index is 12.5. The minimum Gasteiger partial charge on any atom is -0.445 e. The summed E-state index contributed by atoms with van der Waals surface area (Å²) in [6, 6.07) is 17.8. The van der Waals surface area contributed by atoms with E-state index in [1.807, 2.05) is 48.5 Å². The fourth-order valence-electron chi connectivity index (χ4n) is 4.20. The Morgan fingerprint density at radius 1 is 1.08 bits per heavy atom. The van der Waals surface area contributed by atoms with Gasteiger partial charge in [-0.2, -0.15) is 0 Å². The van der Waals surface area contributed by atoms with Crippen LogP contribution in [0.2, 0.25) is 0 Å². The number of ether oxygens (including phenoxy) is 1. The zero-order valence-corrected chi connectivity index (χ0v) is 14.2. The van der Waals surface area contributed by atoms with Crippen LogP contribution in [0, 0.1) is 0 Å². The van der Waals surface area contributed by atoms with Crippen molar-refractivity contribution in [1.82, 2.24) is 4.90 Å². The van der Waals surface area contributed by atoms with E-state index in [4.69, 9.17) is 4.74 Å². The van der Waals surface area contributed by atoms with E-state index in [1.54, 1.807) is 11.9 Å². The molecular weight excluding hydrogens is 314 g/mol. The first kappa shape index (κ1) is 15.9. The predicted molar refractivity (Wildman–Crippen MR) is 94.3 cm³/mol. The zero-order valence-electron chi connectivity index (χ0n) is 14.2. The van der Waals surface area contributed by atoms with Gasteiger partial charge in [-0.1, -0.05) is 54.6 Å². The van der Waals surface area contributed by atoms with Crippen molar-refractivity contribution in [3.8, 4) is 0 Å². The largest absolute Gasteiger partial charge is 0.445 e. The zero-order chi connectivity index (χ0) is 17.4. The fourth-order valence-corrected chi connectivity index (χ4v) is 4.20. The van der Waals surface area contributed by atoms with E-state index in [0.717, 1.165) is 11.1 Å². The van der Waals surface area contributed by atoms with Crippen LogP contribution in [0.3, 0.4) is 0 Å². The number of amides is 1. The summed E-state index contributed by atoms with van der Waals surface area (Å²) in [5, 5.41) is 0. The molecule has 4 heteroatoms. The summed E-state index contributed by atoms with van der Waals surface area (Å²) in [5.41, 5.74) is 3.33. The van der Waals surface area contributed by atoms with Crippen molar-refractivity contribution in [2.45, 2.75) is 37.3 Å². The number of benzene rings is 2. The van der Waals surface area contributed by atoms with E-state index >= 15 is 0 Å². The van der Waals surface area contributed by atoms with E-state index < -0.39 is 0 Å². The Kier molecular flexibility index (Phi) is 4.04. The van der Waals surface area contributed by atoms with Crippen molar-refractivity contribution in [3.05, 3.63) is 71.3 Å². The third kappa shape index (κ3) is 2.82. The SMILES string of the molecule is CN(C(=O)OCc1ccccc1)C1CC2C(=O)CC1c1ccccc12. The summed E-state index contributed by atoms with van der Waals surface area (Å²) < 4.78 is 5.47. The molecule has 3 aliphatic carbocycles. The van der Waals surface area contributed by atoms with E-state index in [-0.39, 0.29) is 30.6 Å². The molecule has 128 valence electrons. The molecule has 3 unspecified atom stereocenters. The summed E-state index contributed by atoms with van der Waals surface area (Å²) in [6.45, 7) is 0.264. The van der Waals surface area contributed by atoms with Gasteiger partial charge in [0.05, 0.1) is 0 Å². The molecule has 2 aromatic carbocycles. The van der Waals surface area contributed by atoms with Crippen LogP contribution in [-0.4, -0.2) is 29.9 Å². The molecule has 5 rings (SSSR count). The van der Waals surface area contributed by atoms with Gasteiger partial charge in [-0.25, -0.2) is 4.79 Å². The average molecular weight is 335 g/mol. The summed E-state index contributed by atoms with van der Waals surface area (Å²) in [6.07, 6.45) is 0.881. The Bertz CT molecular complexity index is 802. The lowest BCUT2D eigenvalue weighted by Crippen LogP contribution is -2.49. The summed E-state index contributed by atoms with van der Waals surface area (Å²) >= 11 is 0. The van der Waals surface area contributed by atoms with Crippen LogP contribution in [0.4, 0.5) is 4.79 Å². The van der Waals surface area contributed by atoms with Gasteiger partial charge in [-0.3, -0.25) is 4.79 Å². The van der Waals surface area contributed by atoms with Crippen LogP contribution >= 0.6 is 0 Å². The highest BCUT2D eigenvalue weighted by atomic mass is 16.6. The highest BCUT2D eigenvalue weighted by Gasteiger charge is 2.46. The number of ketones is 1. The number of hydrogen-bond acceptors (Lipinski definition) is 3. The minimum absolute atomic E-state index is 0.0147. The van der Waals surface area contributed by atoms with E-state index in [0.29, 0.717) is 18.6 Å². The lowest BCUT2D eigenvalue weighted by Gasteiger charge is -2.46. The number of carbonyl (C=O) groups excluding carboxylic acids is 2. The van der Waals surface area contributed by atoms with Gasteiger partial charge in [0.1, 0.15) is 12.4 Å². The molecule has 2 aromatic rings. The van der Waals surface area contributed by atoms with Crippen LogP contribution in [0.5, 0.6) is 0 Å². The molecule has 1 saturated carbocycles. The molecule has 0 aromatic heterocycles. The first-order valence-corrected chi connectivity index (χ1v) is 8.70. The molecule has 0 saturated heterocycles. The fraction of sp³-hybridized carbons (Fsp3) is 0.333. The Hall–Kier alpha value is -2.62. The minimum atomic E-state index is -0.327. The molecule has 0 spiro atoms. The molecule has 2 bridgehead atoms. The second kappa shape index (κ2) is 6.36. The van der Waals surface area contributed by atoms with Crippen LogP contribution < -0.4 is 0 Å². The molecule has 0 aliphatic heterocycles. The van der Waals surface area contributed by atoms with E-state index in [2.05, 4.69) is 6.07 Å². The van der Waals surface area contributed by atoms with Gasteiger partial charge < -0.3 is 9.64 Å². The van der Waals surface area contributed by atoms with Gasteiger partial charge in [0.15, 0.2) is 0 Å². The summed E-state index contributed by atoms with van der Waals surface area (Å²) in [7, 11) is 1.78. The third-order valence-corrected chi connectivity index (χ3v) is 5.51. The number of Topliss-reactive ketones (excluding diaryl/α,β-unsaturated/α-hetero) is 1. The van der Waals surface area contributed by atoms with Crippen molar-refractivity contribution in [1.29, 1.82) is 0 Å². The summed E-state index contributed by atoms with van der Waals surface area (Å²) in [4.78, 5) is 26.5. The third-order valence-electron chi connectivity index (χ3n) is 5.51. The Balaban J connectivity index is 1.49. The molecule has 25 heavy (non-hydrogen) atoms. The van der Waals surface area contributed by atoms with Crippen molar-refractivity contribution < 1.29 is 14.3 Å². The second-order valence-corrected chi connectivity index (χ2v) is 6.91. The van der Waals surface area contributed by atoms with E-state index in [1.165, 1.54) is 5.56 Å². The first-order chi connectivity index (χ1) is 12.1. The molecule has 4 nitrogen and oxygen atoms in total. The number of hydrogen-bond donors (Lipinski definition) is 0. The highest BCUT2D eigenvalue weighted by Crippen LogP contribution is 2.48. The quantitative estimate of drug-likeness (QED) is 0.855. The van der Waals surface area contributed by atoms with Crippen LogP contribution in [0.25, 0.3) is 0 Å². The second-order valence-electron chi connectivity index (χ2n) is 6.91. The Morgan fingerprint density at radius 2 is 1.76 bits per heavy atom. The Morgan fingerprint density at radius 3 is 2.52 bits per heavy atom. The van der Waals surface area contributed by atoms with Crippen molar-refractivity contribution >= 4 is 11.9 Å². The predicted octanol–water partition coefficient (Wildman–Crippen LogP) is 3.87. The smallest absolute Gasteiger partial charge is 0.410 e. The van der Waals surface area contributed by atoms with Gasteiger partial charge in [0.2, 0.25) is 0 Å². The normalized spacial score (nSPS) is 23.9. The lowest BCUT2D eigenvalue weighted by molar-refractivity contribution is -0.124. The van der Waals surface area contributed by atoms with Gasteiger partial charge >= 0.3 is 6.09 Å². The topological polar surface area (TPSA) is 46.6 Å². The van der Waals surface area contributed by atoms with Gasteiger partial charge in [0.25, 0.3) is 0 Å². The lowest BCUT2D eigenvalue weighted by atomic mass is 9.63. The van der Waals surface area contributed by atoms with Crippen molar-refractivity contribution in [3.63, 3.8) is 0 Å². The molecule has 3 atom stereocenters. The molecule has 0 N–H and O–H groups in total. The van der Waals surface area contributed by atoms with Gasteiger partial charge in [0, 0.05) is 31.3 Å². The molecule has 0 heterocycles. The number of rotatable bonds is 3. The number of nitrogens with zero attached hydrogens (tertiary/aromatic N) is 1. The number of likely N-dealkylation sites (N-methyl/N-ethyl adjacent to an activating group) is 1. The number of fused-ring (bicyclic) bond motifs is 2. The highest BCUT2D eigenvalue weighted by molar-refractivity contribution is 5.90. The van der Waals surface area contributed by atoms with Crippen molar-refractivity contribution in [2.24, 2.45) is 0 Å². The van der Waals surface area contributed by atoms with Crippen LogP contribution in [0.15, 0.2) is 54.6 Å². The maximum absolute atomic E-state index is 12.5. The monoisotopic (exact) mass is 335 g/mol. The van der Waals surface area contributed by atoms with E-state index in [9.17, 15) is 9.59 Å². The van der Waals surface area contributed by atoms with Crippen LogP contribution in [0.1, 0.15) is 41.4 Å². The molecule has 0 radical (unpaired) electrons. The summed E-state index contributed by atoms with van der Waals surface area (Å²) in [5.74, 6) is 0.282. The molecule has 3 aliphatic rings. The molecule has 1 amide bonds. The average Bonchev–Trinajstić information content (AvgIpc) is 2.66. The first-order valence-electron chi connectivity index (χ1n) is 8.70. The molecule has 1 fully saturated rings. The Labute approximate surface area is 147 Å². The van der Waals surface area contributed by atoms with Crippen LogP contribution in [-0.2, 0) is 16.1 Å². The molecular formula is C21H21NO3. The number of carbonyl (C=O) groups is 2. The standard InChI is InChI=1S/C21H21NO3/c1-22(21(24)25-13-14-7-3-2-4-8-14)19-11-18-16-10-6-5-9-15(16)17(19)12-20(18)23/h2-10,17-19H,11-13H2,1H3. The maximum Gasteiger partial charge on any atom is 0.410 e.